The van der Waals surface area contributed by atoms with Gasteiger partial charge in [0.15, 0.2) is 5.92 Å². The van der Waals surface area contributed by atoms with Crippen LogP contribution in [0.15, 0.2) is 0 Å². The zero-order chi connectivity index (χ0) is 22.8. The van der Waals surface area contributed by atoms with Crippen LogP contribution in [0.3, 0.4) is 0 Å². The van der Waals surface area contributed by atoms with E-state index < -0.39 is 17.9 Å². The van der Waals surface area contributed by atoms with Crippen LogP contribution in [0.4, 0.5) is 0 Å². The van der Waals surface area contributed by atoms with E-state index in [-0.39, 0.29) is 11.4 Å². The van der Waals surface area contributed by atoms with Crippen LogP contribution in [0, 0.1) is 46.8 Å². The lowest BCUT2D eigenvalue weighted by atomic mass is 9.71. The maximum absolute atomic E-state index is 10.8. The van der Waals surface area contributed by atoms with E-state index in [1.54, 1.807) is 38.5 Å². The number of fused-ring (bicyclic) bond motifs is 9. The molecule has 0 amide bonds. The highest BCUT2D eigenvalue weighted by molar-refractivity contribution is 5.95. The van der Waals surface area contributed by atoms with Gasteiger partial charge >= 0.3 is 17.9 Å². The first-order valence-corrected chi connectivity index (χ1v) is 12.1. The van der Waals surface area contributed by atoms with Crippen molar-refractivity contribution in [2.75, 3.05) is 20.8 Å². The molecule has 0 aromatic heterocycles. The van der Waals surface area contributed by atoms with Gasteiger partial charge in [-0.2, -0.15) is 0 Å². The Kier molecular flexibility index (Phi) is 7.69. The lowest BCUT2D eigenvalue weighted by molar-refractivity contribution is -0.154. The summed E-state index contributed by atoms with van der Waals surface area (Å²) < 4.78 is 13.5. The Balaban J connectivity index is 0.000000134. The molecule has 0 N–H and O–H groups in total. The lowest BCUT2D eigenvalue weighted by Gasteiger charge is -2.34. The summed E-state index contributed by atoms with van der Waals surface area (Å²) >= 11 is 0. The highest BCUT2D eigenvalue weighted by atomic mass is 16.6. The largest absolute Gasteiger partial charge is 0.469 e. The van der Waals surface area contributed by atoms with Gasteiger partial charge in [-0.1, -0.05) is 6.92 Å². The third kappa shape index (κ3) is 4.93. The molecular formula is C25H40O6. The summed E-state index contributed by atoms with van der Waals surface area (Å²) in [5.74, 6) is 5.52. The zero-order valence-corrected chi connectivity index (χ0v) is 19.9. The number of ether oxygens (including phenoxy) is 3. The molecule has 0 aromatic rings. The fraction of sp³-hybridized carbons (Fsp3) is 0.880. The van der Waals surface area contributed by atoms with Crippen molar-refractivity contribution in [3.63, 3.8) is 0 Å². The smallest absolute Gasteiger partial charge is 0.320 e. The summed E-state index contributed by atoms with van der Waals surface area (Å²) in [4.78, 5) is 32.2. The van der Waals surface area contributed by atoms with E-state index in [2.05, 4.69) is 14.2 Å². The molecule has 1 heterocycles. The fourth-order valence-electron chi connectivity index (χ4n) is 6.80. The molecule has 1 aliphatic heterocycles. The molecule has 1 saturated heterocycles. The summed E-state index contributed by atoms with van der Waals surface area (Å²) in [7, 11) is 2.67. The van der Waals surface area contributed by atoms with E-state index in [0.717, 1.165) is 6.42 Å². The number of methoxy groups -OCH3 is 2. The molecule has 6 heteroatoms. The number of carbonyl (C=O) groups excluding carboxylic acids is 3. The third-order valence-electron chi connectivity index (χ3n) is 8.69. The summed E-state index contributed by atoms with van der Waals surface area (Å²) in [6.45, 7) is 6.05. The van der Waals surface area contributed by atoms with Gasteiger partial charge in [0, 0.05) is 6.42 Å². The maximum Gasteiger partial charge on any atom is 0.320 e. The van der Waals surface area contributed by atoms with E-state index >= 15 is 0 Å². The van der Waals surface area contributed by atoms with Crippen LogP contribution in [0.2, 0.25) is 0 Å². The molecule has 5 atom stereocenters. The summed E-state index contributed by atoms with van der Waals surface area (Å²) in [5.41, 5.74) is -0.311. The zero-order valence-electron chi connectivity index (χ0n) is 19.9. The Bertz CT molecular complexity index is 627. The quantitative estimate of drug-likeness (QED) is 0.282. The van der Waals surface area contributed by atoms with Crippen LogP contribution in [0.1, 0.15) is 72.1 Å². The highest BCUT2D eigenvalue weighted by Gasteiger charge is 2.59. The normalized spacial score (nSPS) is 36.5. The van der Waals surface area contributed by atoms with Gasteiger partial charge in [-0.3, -0.25) is 14.4 Å². The Morgan fingerprint density at radius 3 is 1.68 bits per heavy atom. The standard InChI is InChI=1S/C12H18.C7H14O2.C6H8O4/c1-2-8-5-7(1)11-9-3-4-10(6-9)12(8)11;1-5-7(2,3)6(8)9-4;1-9-5(7)4-2-3-10-6(4)8/h7-12H,1-6H2;5H2,1-4H3;4H,2-3H2,1H3. The van der Waals surface area contributed by atoms with E-state index in [9.17, 15) is 14.4 Å². The monoisotopic (exact) mass is 436 g/mol. The second-order valence-electron chi connectivity index (χ2n) is 10.6. The second kappa shape index (κ2) is 9.91. The summed E-state index contributed by atoms with van der Waals surface area (Å²) in [5, 5.41) is 0. The Labute approximate surface area is 186 Å². The molecule has 4 bridgehead atoms. The van der Waals surface area contributed by atoms with Crippen molar-refractivity contribution in [2.45, 2.75) is 72.1 Å². The molecule has 5 unspecified atom stereocenters. The molecule has 5 rings (SSSR count). The highest BCUT2D eigenvalue weighted by Crippen LogP contribution is 2.67. The molecule has 0 spiro atoms. The predicted molar refractivity (Wildman–Crippen MR) is 116 cm³/mol. The maximum atomic E-state index is 10.8. The Morgan fingerprint density at radius 2 is 1.39 bits per heavy atom. The number of hydrogen-bond donors (Lipinski definition) is 0. The van der Waals surface area contributed by atoms with Crippen LogP contribution in [-0.4, -0.2) is 38.7 Å². The third-order valence-corrected chi connectivity index (χ3v) is 8.69. The predicted octanol–water partition coefficient (Wildman–Crippen LogP) is 4.40. The molecule has 4 saturated carbocycles. The minimum atomic E-state index is -0.676. The average molecular weight is 437 g/mol. The number of esters is 3. The van der Waals surface area contributed by atoms with Gasteiger partial charge in [0.1, 0.15) is 0 Å². The SMILES string of the molecule is C1CC2CC1C1C3CCC(C3)C21.CCC(C)(C)C(=O)OC.COC(=O)C1CCOC1=O. The molecular weight excluding hydrogens is 396 g/mol. The molecule has 31 heavy (non-hydrogen) atoms. The second-order valence-corrected chi connectivity index (χ2v) is 10.6. The van der Waals surface area contributed by atoms with E-state index in [1.807, 2.05) is 20.8 Å². The number of cyclic esters (lactones) is 1. The fourth-order valence-corrected chi connectivity index (χ4v) is 6.80. The minimum absolute atomic E-state index is 0.134. The van der Waals surface area contributed by atoms with E-state index in [0.29, 0.717) is 13.0 Å². The first kappa shape index (κ1) is 24.1. The average Bonchev–Trinajstić information content (AvgIpc) is 3.59. The van der Waals surface area contributed by atoms with Crippen LogP contribution >= 0.6 is 0 Å². The molecule has 0 radical (unpaired) electrons. The molecule has 176 valence electrons. The van der Waals surface area contributed by atoms with Gasteiger partial charge < -0.3 is 14.2 Å². The van der Waals surface area contributed by atoms with Crippen molar-refractivity contribution >= 4 is 17.9 Å². The molecule has 0 aromatic carbocycles. The number of carbonyl (C=O) groups is 3. The Morgan fingerprint density at radius 1 is 0.903 bits per heavy atom. The first-order chi connectivity index (χ1) is 14.7. The van der Waals surface area contributed by atoms with Gasteiger partial charge in [-0.25, -0.2) is 0 Å². The van der Waals surface area contributed by atoms with Gasteiger partial charge in [0.05, 0.1) is 26.2 Å². The van der Waals surface area contributed by atoms with Crippen molar-refractivity contribution in [1.29, 1.82) is 0 Å². The van der Waals surface area contributed by atoms with E-state index in [1.165, 1.54) is 49.7 Å². The lowest BCUT2D eigenvalue weighted by Crippen LogP contribution is -2.27. The first-order valence-electron chi connectivity index (χ1n) is 12.1. The van der Waals surface area contributed by atoms with Gasteiger partial charge in [0.25, 0.3) is 0 Å². The van der Waals surface area contributed by atoms with Crippen LogP contribution in [0.25, 0.3) is 0 Å². The van der Waals surface area contributed by atoms with Crippen LogP contribution < -0.4 is 0 Å². The van der Waals surface area contributed by atoms with E-state index in [4.69, 9.17) is 0 Å². The van der Waals surface area contributed by atoms with Crippen molar-refractivity contribution < 1.29 is 28.6 Å². The van der Waals surface area contributed by atoms with Gasteiger partial charge in [-0.15, -0.1) is 0 Å². The minimum Gasteiger partial charge on any atom is -0.469 e. The topological polar surface area (TPSA) is 78.9 Å². The summed E-state index contributed by atoms with van der Waals surface area (Å²) in [6, 6.07) is 0. The molecule has 6 nitrogen and oxygen atoms in total. The van der Waals surface area contributed by atoms with Crippen LogP contribution in [0.5, 0.6) is 0 Å². The van der Waals surface area contributed by atoms with Crippen molar-refractivity contribution in [2.24, 2.45) is 46.8 Å². The Hall–Kier alpha value is -1.59. The molecule has 5 aliphatic rings. The van der Waals surface area contributed by atoms with Crippen molar-refractivity contribution in [1.82, 2.24) is 0 Å². The summed E-state index contributed by atoms with van der Waals surface area (Å²) in [6.07, 6.45) is 11.0. The number of hydrogen-bond acceptors (Lipinski definition) is 6. The van der Waals surface area contributed by atoms with Gasteiger partial charge in [0.2, 0.25) is 0 Å². The van der Waals surface area contributed by atoms with Crippen LogP contribution in [-0.2, 0) is 28.6 Å². The van der Waals surface area contributed by atoms with Gasteiger partial charge in [-0.05, 0) is 94.3 Å². The molecule has 4 aliphatic carbocycles. The molecule has 5 fully saturated rings. The van der Waals surface area contributed by atoms with Crippen molar-refractivity contribution in [3.05, 3.63) is 0 Å². The number of rotatable bonds is 3. The van der Waals surface area contributed by atoms with Crippen molar-refractivity contribution in [3.8, 4) is 0 Å².